The van der Waals surface area contributed by atoms with Crippen LogP contribution >= 0.6 is 22.9 Å². The summed E-state index contributed by atoms with van der Waals surface area (Å²) in [6, 6.07) is 13.0. The fraction of sp³-hybridized carbons (Fsp3) is 0.318. The van der Waals surface area contributed by atoms with Gasteiger partial charge in [-0.05, 0) is 30.2 Å². The second-order valence-corrected chi connectivity index (χ2v) is 8.51. The molecular weight excluding hydrogens is 393 g/mol. The first-order chi connectivity index (χ1) is 13.6. The topological polar surface area (TPSA) is 19.4 Å². The number of aromatic nitrogens is 1. The van der Waals surface area contributed by atoms with Crippen LogP contribution in [-0.2, 0) is 13.1 Å². The molecule has 6 heteroatoms. The molecule has 0 amide bonds. The van der Waals surface area contributed by atoms with Crippen LogP contribution in [0.15, 0.2) is 47.8 Å². The summed E-state index contributed by atoms with van der Waals surface area (Å²) in [4.78, 5) is 9.67. The van der Waals surface area contributed by atoms with Crippen molar-refractivity contribution in [1.29, 1.82) is 0 Å². The van der Waals surface area contributed by atoms with Gasteiger partial charge in [-0.3, -0.25) is 9.80 Å². The first kappa shape index (κ1) is 19.5. The van der Waals surface area contributed by atoms with Crippen molar-refractivity contribution in [3.05, 3.63) is 75.5 Å². The van der Waals surface area contributed by atoms with Gasteiger partial charge in [0.05, 0.1) is 5.69 Å². The largest absolute Gasteiger partial charge is 0.296 e. The minimum Gasteiger partial charge on any atom is -0.296 e. The summed E-state index contributed by atoms with van der Waals surface area (Å²) in [5.41, 5.74) is 4.60. The van der Waals surface area contributed by atoms with Gasteiger partial charge in [-0.15, -0.1) is 11.3 Å². The Kier molecular flexibility index (Phi) is 6.07. The molecule has 0 aliphatic carbocycles. The highest BCUT2D eigenvalue weighted by molar-refractivity contribution is 7.13. The molecule has 0 saturated carbocycles. The van der Waals surface area contributed by atoms with E-state index < -0.39 is 0 Å². The van der Waals surface area contributed by atoms with Gasteiger partial charge >= 0.3 is 0 Å². The molecule has 1 fully saturated rings. The number of aryl methyl sites for hydroxylation is 1. The lowest BCUT2D eigenvalue weighted by molar-refractivity contribution is 0.121. The van der Waals surface area contributed by atoms with Crippen molar-refractivity contribution in [3.8, 4) is 10.6 Å². The average molecular weight is 416 g/mol. The first-order valence-corrected chi connectivity index (χ1v) is 10.7. The summed E-state index contributed by atoms with van der Waals surface area (Å²) in [5, 5.41) is 3.78. The molecule has 2 heterocycles. The smallest absolute Gasteiger partial charge is 0.124 e. The third-order valence-corrected chi connectivity index (χ3v) is 6.46. The molecule has 146 valence electrons. The summed E-state index contributed by atoms with van der Waals surface area (Å²) in [7, 11) is 0. The summed E-state index contributed by atoms with van der Waals surface area (Å²) in [6.45, 7) is 7.72. The predicted molar refractivity (Wildman–Crippen MR) is 114 cm³/mol. The Hall–Kier alpha value is -1.79. The molecule has 0 radical (unpaired) electrons. The van der Waals surface area contributed by atoms with E-state index in [0.717, 1.165) is 55.5 Å². The fourth-order valence-corrected chi connectivity index (χ4v) is 4.67. The molecule has 3 nitrogen and oxygen atoms in total. The fourth-order valence-electron chi connectivity index (χ4n) is 3.54. The first-order valence-electron chi connectivity index (χ1n) is 9.47. The molecule has 0 spiro atoms. The molecule has 1 aliphatic heterocycles. The van der Waals surface area contributed by atoms with E-state index in [2.05, 4.69) is 46.4 Å². The van der Waals surface area contributed by atoms with Crippen LogP contribution < -0.4 is 0 Å². The van der Waals surface area contributed by atoms with E-state index in [1.165, 1.54) is 23.3 Å². The van der Waals surface area contributed by atoms with Crippen LogP contribution in [0.3, 0.4) is 0 Å². The Morgan fingerprint density at radius 3 is 2.46 bits per heavy atom. The number of benzene rings is 2. The van der Waals surface area contributed by atoms with Gasteiger partial charge in [-0.2, -0.15) is 0 Å². The van der Waals surface area contributed by atoms with Gasteiger partial charge in [0.1, 0.15) is 10.8 Å². The zero-order chi connectivity index (χ0) is 19.5. The number of rotatable bonds is 5. The van der Waals surface area contributed by atoms with E-state index >= 15 is 0 Å². The van der Waals surface area contributed by atoms with Crippen LogP contribution in [0.4, 0.5) is 4.39 Å². The summed E-state index contributed by atoms with van der Waals surface area (Å²) < 4.78 is 13.2. The van der Waals surface area contributed by atoms with Crippen molar-refractivity contribution in [2.24, 2.45) is 0 Å². The SMILES string of the molecule is Cc1ccccc1-c1nc(CN2CCN(Cc3ccc(F)cc3Cl)CC2)cs1. The summed E-state index contributed by atoms with van der Waals surface area (Å²) >= 11 is 7.88. The molecule has 1 aromatic heterocycles. The molecule has 1 saturated heterocycles. The minimum absolute atomic E-state index is 0.285. The van der Waals surface area contributed by atoms with Gasteiger partial charge in [0, 0.05) is 55.2 Å². The van der Waals surface area contributed by atoms with E-state index in [9.17, 15) is 4.39 Å². The Labute approximate surface area is 174 Å². The van der Waals surface area contributed by atoms with Crippen LogP contribution in [0.1, 0.15) is 16.8 Å². The number of halogens is 2. The van der Waals surface area contributed by atoms with E-state index in [0.29, 0.717) is 5.02 Å². The van der Waals surface area contributed by atoms with Crippen molar-refractivity contribution in [1.82, 2.24) is 14.8 Å². The molecule has 0 N–H and O–H groups in total. The zero-order valence-corrected chi connectivity index (χ0v) is 17.4. The van der Waals surface area contributed by atoms with Gasteiger partial charge in [0.25, 0.3) is 0 Å². The zero-order valence-electron chi connectivity index (χ0n) is 15.9. The maximum atomic E-state index is 13.2. The number of nitrogens with zero attached hydrogens (tertiary/aromatic N) is 3. The van der Waals surface area contributed by atoms with Gasteiger partial charge in [0.2, 0.25) is 0 Å². The van der Waals surface area contributed by atoms with Crippen LogP contribution in [0.5, 0.6) is 0 Å². The number of hydrogen-bond acceptors (Lipinski definition) is 4. The Balaban J connectivity index is 1.32. The highest BCUT2D eigenvalue weighted by atomic mass is 35.5. The lowest BCUT2D eigenvalue weighted by Crippen LogP contribution is -2.45. The van der Waals surface area contributed by atoms with Crippen LogP contribution in [0, 0.1) is 12.7 Å². The maximum Gasteiger partial charge on any atom is 0.124 e. The minimum atomic E-state index is -0.285. The number of piperazine rings is 1. The summed E-state index contributed by atoms with van der Waals surface area (Å²) in [5.74, 6) is -0.285. The molecule has 28 heavy (non-hydrogen) atoms. The van der Waals surface area contributed by atoms with Crippen LogP contribution in [0.25, 0.3) is 10.6 Å². The molecule has 0 unspecified atom stereocenters. The van der Waals surface area contributed by atoms with E-state index in [-0.39, 0.29) is 5.82 Å². The maximum absolute atomic E-state index is 13.2. The average Bonchev–Trinajstić information content (AvgIpc) is 3.14. The Morgan fingerprint density at radius 1 is 1.04 bits per heavy atom. The molecule has 2 aromatic carbocycles. The van der Waals surface area contributed by atoms with Crippen molar-refractivity contribution < 1.29 is 4.39 Å². The van der Waals surface area contributed by atoms with Crippen LogP contribution in [0.2, 0.25) is 5.02 Å². The molecule has 4 rings (SSSR count). The summed E-state index contributed by atoms with van der Waals surface area (Å²) in [6.07, 6.45) is 0. The van der Waals surface area contributed by atoms with E-state index in [1.807, 2.05) is 0 Å². The third-order valence-electron chi connectivity index (χ3n) is 5.19. The second kappa shape index (κ2) is 8.70. The van der Waals surface area contributed by atoms with Gasteiger partial charge in [-0.25, -0.2) is 9.37 Å². The normalized spacial score (nSPS) is 15.8. The number of thiazole rings is 1. The van der Waals surface area contributed by atoms with Gasteiger partial charge in [0.15, 0.2) is 0 Å². The molecule has 0 atom stereocenters. The Bertz CT molecular complexity index is 950. The Morgan fingerprint density at radius 2 is 1.75 bits per heavy atom. The van der Waals surface area contributed by atoms with Crippen LogP contribution in [-0.4, -0.2) is 41.0 Å². The molecular formula is C22H23ClFN3S. The van der Waals surface area contributed by atoms with Crippen molar-refractivity contribution in [2.45, 2.75) is 20.0 Å². The molecule has 3 aromatic rings. The van der Waals surface area contributed by atoms with Crippen molar-refractivity contribution in [3.63, 3.8) is 0 Å². The van der Waals surface area contributed by atoms with E-state index in [4.69, 9.17) is 16.6 Å². The highest BCUT2D eigenvalue weighted by Gasteiger charge is 2.19. The lowest BCUT2D eigenvalue weighted by Gasteiger charge is -2.34. The highest BCUT2D eigenvalue weighted by Crippen LogP contribution is 2.27. The predicted octanol–water partition coefficient (Wildman–Crippen LogP) is 5.23. The van der Waals surface area contributed by atoms with Gasteiger partial charge < -0.3 is 0 Å². The molecule has 1 aliphatic rings. The second-order valence-electron chi connectivity index (χ2n) is 7.25. The van der Waals surface area contributed by atoms with Gasteiger partial charge in [-0.1, -0.05) is 41.9 Å². The van der Waals surface area contributed by atoms with Crippen molar-refractivity contribution >= 4 is 22.9 Å². The quantitative estimate of drug-likeness (QED) is 0.568. The monoisotopic (exact) mass is 415 g/mol. The molecule has 0 bridgehead atoms. The van der Waals surface area contributed by atoms with Crippen molar-refractivity contribution in [2.75, 3.05) is 26.2 Å². The van der Waals surface area contributed by atoms with E-state index in [1.54, 1.807) is 17.4 Å². The number of hydrogen-bond donors (Lipinski definition) is 0. The lowest BCUT2D eigenvalue weighted by atomic mass is 10.1. The third kappa shape index (κ3) is 4.61. The standard InChI is InChI=1S/C22H23ClFN3S/c1-16-4-2-3-5-20(16)22-25-19(15-28-22)14-27-10-8-26(9-11-27)13-17-6-7-18(24)12-21(17)23/h2-7,12,15H,8-11,13-14H2,1H3.